The van der Waals surface area contributed by atoms with Gasteiger partial charge in [-0.15, -0.1) is 0 Å². The van der Waals surface area contributed by atoms with Crippen LogP contribution in [0.15, 0.2) is 24.4 Å². The zero-order valence-electron chi connectivity index (χ0n) is 18.3. The molecule has 3 aromatic rings. The summed E-state index contributed by atoms with van der Waals surface area (Å²) in [7, 11) is 1.75. The molecule has 0 amide bonds. The predicted octanol–water partition coefficient (Wildman–Crippen LogP) is 2.87. The molecule has 9 nitrogen and oxygen atoms in total. The Morgan fingerprint density at radius 3 is 2.84 bits per heavy atom. The first-order chi connectivity index (χ1) is 15.4. The molecule has 164 valence electrons. The van der Waals surface area contributed by atoms with E-state index in [4.69, 9.17) is 19.9 Å². The lowest BCUT2D eigenvalue weighted by molar-refractivity contribution is -0.165. The minimum Gasteiger partial charge on any atom is -0.482 e. The van der Waals surface area contributed by atoms with E-state index in [-0.39, 0.29) is 17.8 Å². The van der Waals surface area contributed by atoms with Crippen molar-refractivity contribution in [3.8, 4) is 29.0 Å². The number of hydrogen-bond acceptors (Lipinski definition) is 8. The summed E-state index contributed by atoms with van der Waals surface area (Å²) in [6.07, 6.45) is 2.44. The Morgan fingerprint density at radius 1 is 1.31 bits per heavy atom. The van der Waals surface area contributed by atoms with Crippen LogP contribution in [0.1, 0.15) is 42.0 Å². The third-order valence-electron chi connectivity index (χ3n) is 6.01. The fraction of sp³-hybridized carbons (Fsp3) is 0.391. The van der Waals surface area contributed by atoms with E-state index in [2.05, 4.69) is 21.1 Å². The third-order valence-corrected chi connectivity index (χ3v) is 6.01. The van der Waals surface area contributed by atoms with Crippen LogP contribution in [0.2, 0.25) is 0 Å². The fourth-order valence-corrected chi connectivity index (χ4v) is 4.21. The summed E-state index contributed by atoms with van der Waals surface area (Å²) in [5, 5.41) is 14.4. The molecule has 0 aliphatic carbocycles. The minimum absolute atomic E-state index is 0.179. The number of anilines is 1. The van der Waals surface area contributed by atoms with E-state index in [9.17, 15) is 5.26 Å². The SMILES string of the molecule is Cc1ccc2c(c1)[C@@H](C)Oc1nc(cnc1N)-c1c(nn(C)c1C#N)CCC1(COC1)O2. The number of aryl methyl sites for hydroxylation is 3. The molecule has 1 atom stereocenters. The van der Waals surface area contributed by atoms with E-state index < -0.39 is 5.60 Å². The number of aromatic nitrogens is 4. The molecule has 1 fully saturated rings. The first kappa shape index (κ1) is 20.3. The van der Waals surface area contributed by atoms with Crippen molar-refractivity contribution in [3.63, 3.8) is 0 Å². The lowest BCUT2D eigenvalue weighted by atomic mass is 9.92. The van der Waals surface area contributed by atoms with Crippen LogP contribution in [-0.4, -0.2) is 38.6 Å². The number of nitrogen functional groups attached to an aromatic ring is 1. The highest BCUT2D eigenvalue weighted by Gasteiger charge is 2.42. The van der Waals surface area contributed by atoms with Gasteiger partial charge in [0.1, 0.15) is 23.6 Å². The number of nitrogens with two attached hydrogens (primary N) is 1. The van der Waals surface area contributed by atoms with E-state index in [1.807, 2.05) is 32.0 Å². The van der Waals surface area contributed by atoms with Crippen LogP contribution in [0.5, 0.6) is 11.6 Å². The quantitative estimate of drug-likeness (QED) is 0.576. The molecule has 4 heterocycles. The lowest BCUT2D eigenvalue weighted by Crippen LogP contribution is -2.54. The van der Waals surface area contributed by atoms with E-state index in [1.54, 1.807) is 17.9 Å². The number of hydrogen-bond donors (Lipinski definition) is 1. The smallest absolute Gasteiger partial charge is 0.258 e. The zero-order chi connectivity index (χ0) is 22.5. The summed E-state index contributed by atoms with van der Waals surface area (Å²) in [4.78, 5) is 8.93. The molecule has 2 N–H and O–H groups in total. The molecule has 32 heavy (non-hydrogen) atoms. The van der Waals surface area contributed by atoms with Crippen LogP contribution in [-0.2, 0) is 18.2 Å². The molecular formula is C23H24N6O3. The van der Waals surface area contributed by atoms with Gasteiger partial charge in [0.25, 0.3) is 5.88 Å². The number of nitrogens with zero attached hydrogens (tertiary/aromatic N) is 5. The van der Waals surface area contributed by atoms with Gasteiger partial charge >= 0.3 is 0 Å². The highest BCUT2D eigenvalue weighted by atomic mass is 16.6. The molecule has 0 saturated carbocycles. The summed E-state index contributed by atoms with van der Waals surface area (Å²) < 4.78 is 19.8. The van der Waals surface area contributed by atoms with Crippen molar-refractivity contribution in [2.75, 3.05) is 18.9 Å². The average Bonchev–Trinajstić information content (AvgIpc) is 3.07. The van der Waals surface area contributed by atoms with Crippen LogP contribution in [0.25, 0.3) is 11.3 Å². The van der Waals surface area contributed by atoms with Crippen LogP contribution >= 0.6 is 0 Å². The molecule has 2 aliphatic rings. The van der Waals surface area contributed by atoms with Crippen molar-refractivity contribution in [1.29, 1.82) is 5.26 Å². The van der Waals surface area contributed by atoms with Crippen molar-refractivity contribution in [2.45, 2.75) is 38.4 Å². The molecule has 1 aromatic carbocycles. The van der Waals surface area contributed by atoms with Crippen LogP contribution in [0.3, 0.4) is 0 Å². The number of ether oxygens (including phenoxy) is 3. The topological polar surface area (TPSA) is 121 Å². The summed E-state index contributed by atoms with van der Waals surface area (Å²) in [5.41, 5.74) is 9.92. The van der Waals surface area contributed by atoms with Crippen molar-refractivity contribution < 1.29 is 14.2 Å². The van der Waals surface area contributed by atoms with Gasteiger partial charge in [0.15, 0.2) is 11.4 Å². The lowest BCUT2D eigenvalue weighted by Gasteiger charge is -2.42. The standard InChI is InChI=1S/C23H24N6O3/c1-13-4-5-19-15(8-13)14(2)31-22-21(25)26-10-17(27-22)20-16(28-29(3)18(20)9-24)6-7-23(32-19)11-30-12-23/h4-5,8,10,14H,6-7,11-12H2,1-3H3,(H2,25,26)/t14-/m1/s1. The largest absolute Gasteiger partial charge is 0.482 e. The van der Waals surface area contributed by atoms with Crippen LogP contribution in [0, 0.1) is 18.3 Å². The van der Waals surface area contributed by atoms with Gasteiger partial charge in [-0.2, -0.15) is 10.4 Å². The molecule has 0 radical (unpaired) electrons. The molecule has 9 heteroatoms. The number of rotatable bonds is 0. The Kier molecular flexibility index (Phi) is 4.75. The highest BCUT2D eigenvalue weighted by Crippen LogP contribution is 2.38. The van der Waals surface area contributed by atoms with E-state index in [0.717, 1.165) is 22.6 Å². The summed E-state index contributed by atoms with van der Waals surface area (Å²) in [6.45, 7) is 4.93. The maximum absolute atomic E-state index is 9.77. The first-order valence-corrected chi connectivity index (χ1v) is 10.5. The number of fused-ring (bicyclic) bond motifs is 5. The van der Waals surface area contributed by atoms with E-state index in [0.29, 0.717) is 43.0 Å². The van der Waals surface area contributed by atoms with Crippen molar-refractivity contribution in [2.24, 2.45) is 7.05 Å². The van der Waals surface area contributed by atoms with Crippen molar-refractivity contribution >= 4 is 5.82 Å². The Morgan fingerprint density at radius 2 is 2.12 bits per heavy atom. The van der Waals surface area contributed by atoms with Gasteiger partial charge in [0.05, 0.1) is 36.4 Å². The third kappa shape index (κ3) is 3.33. The van der Waals surface area contributed by atoms with Crippen LogP contribution < -0.4 is 15.2 Å². The summed E-state index contributed by atoms with van der Waals surface area (Å²) >= 11 is 0. The average molecular weight is 432 g/mol. The Labute approximate surface area is 185 Å². The normalized spacial score (nSPS) is 19.0. The van der Waals surface area contributed by atoms with Gasteiger partial charge in [0, 0.05) is 12.6 Å². The molecule has 2 aliphatic heterocycles. The van der Waals surface area contributed by atoms with Crippen molar-refractivity contribution in [3.05, 3.63) is 46.9 Å². The predicted molar refractivity (Wildman–Crippen MR) is 116 cm³/mol. The summed E-state index contributed by atoms with van der Waals surface area (Å²) in [5.74, 6) is 1.13. The van der Waals surface area contributed by atoms with Gasteiger partial charge in [-0.05, 0) is 38.8 Å². The Balaban J connectivity index is 1.69. The second-order valence-corrected chi connectivity index (χ2v) is 8.43. The fourth-order valence-electron chi connectivity index (χ4n) is 4.21. The van der Waals surface area contributed by atoms with E-state index in [1.165, 1.54) is 0 Å². The van der Waals surface area contributed by atoms with Gasteiger partial charge in [0.2, 0.25) is 0 Å². The van der Waals surface area contributed by atoms with Gasteiger partial charge in [-0.1, -0.05) is 11.6 Å². The van der Waals surface area contributed by atoms with E-state index >= 15 is 0 Å². The Bertz CT molecular complexity index is 1240. The van der Waals surface area contributed by atoms with Crippen molar-refractivity contribution in [1.82, 2.24) is 19.7 Å². The maximum atomic E-state index is 9.77. The molecule has 5 rings (SSSR count). The van der Waals surface area contributed by atoms with Gasteiger partial charge in [-0.3, -0.25) is 4.68 Å². The van der Waals surface area contributed by atoms with Gasteiger partial charge in [-0.25, -0.2) is 9.97 Å². The second-order valence-electron chi connectivity index (χ2n) is 8.43. The molecule has 1 spiro atoms. The maximum Gasteiger partial charge on any atom is 0.258 e. The Hall–Kier alpha value is -3.64. The minimum atomic E-state index is -0.470. The molecule has 0 unspecified atom stereocenters. The second kappa shape index (κ2) is 7.50. The molecule has 1 saturated heterocycles. The number of nitriles is 1. The van der Waals surface area contributed by atoms with Crippen LogP contribution in [0.4, 0.5) is 5.82 Å². The first-order valence-electron chi connectivity index (χ1n) is 10.5. The molecule has 2 aromatic heterocycles. The van der Waals surface area contributed by atoms with Gasteiger partial charge < -0.3 is 19.9 Å². The molecular weight excluding hydrogens is 408 g/mol. The zero-order valence-corrected chi connectivity index (χ0v) is 18.3. The molecule has 2 bridgehead atoms. The monoisotopic (exact) mass is 432 g/mol. The summed E-state index contributed by atoms with van der Waals surface area (Å²) in [6, 6.07) is 8.26. The number of benzene rings is 1. The highest BCUT2D eigenvalue weighted by molar-refractivity contribution is 5.69.